The molecule has 0 spiro atoms. The van der Waals surface area contributed by atoms with Gasteiger partial charge in [-0.15, -0.1) is 0 Å². The molecular weight excluding hydrogens is 214 g/mol. The van der Waals surface area contributed by atoms with Crippen LogP contribution in [0.25, 0.3) is 5.32 Å². The lowest BCUT2D eigenvalue weighted by Crippen LogP contribution is -2.24. The van der Waals surface area contributed by atoms with E-state index in [4.69, 9.17) is 4.74 Å². The summed E-state index contributed by atoms with van der Waals surface area (Å²) in [5, 5.41) is 4.23. The minimum Gasteiger partial charge on any atom is -0.658 e. The van der Waals surface area contributed by atoms with Crippen LogP contribution in [0.5, 0.6) is 0 Å². The molecule has 0 saturated carbocycles. The number of carbonyl (C=O) groups excluding carboxylic acids is 1. The molecule has 3 heteroatoms. The average Bonchev–Trinajstić information content (AvgIpc) is 2.24. The van der Waals surface area contributed by atoms with Gasteiger partial charge in [0.05, 0.1) is 0 Å². The van der Waals surface area contributed by atoms with E-state index in [2.05, 4.69) is 5.32 Å². The van der Waals surface area contributed by atoms with E-state index < -0.39 is 5.60 Å². The lowest BCUT2D eigenvalue weighted by Gasteiger charge is -2.29. The third-order valence-corrected chi connectivity index (χ3v) is 2.28. The molecule has 0 amide bonds. The Morgan fingerprint density at radius 1 is 1.29 bits per heavy atom. The highest BCUT2D eigenvalue weighted by Gasteiger charge is 2.17. The Balaban J connectivity index is 2.62. The zero-order valence-electron chi connectivity index (χ0n) is 10.9. The summed E-state index contributed by atoms with van der Waals surface area (Å²) in [5.74, 6) is -0.211. The van der Waals surface area contributed by atoms with E-state index in [1.807, 2.05) is 51.1 Å². The molecule has 0 radical (unpaired) electrons. The van der Waals surface area contributed by atoms with E-state index in [0.717, 1.165) is 5.56 Å². The van der Waals surface area contributed by atoms with Crippen molar-refractivity contribution in [2.24, 2.45) is 0 Å². The van der Waals surface area contributed by atoms with Gasteiger partial charge in [0.25, 0.3) is 0 Å². The number of rotatable bonds is 4. The standard InChI is InChI=1S/C14H20NO2/c1-14(2,3)17-13(16)10-12(15-4)11-8-6-5-7-9-11/h5-9,12H,10H2,1-4H3/q-1/t12-/m1/s1. The molecule has 0 saturated heterocycles. The van der Waals surface area contributed by atoms with Crippen molar-refractivity contribution in [1.29, 1.82) is 0 Å². The quantitative estimate of drug-likeness (QED) is 0.748. The summed E-state index contributed by atoms with van der Waals surface area (Å²) < 4.78 is 5.29. The number of hydrogen-bond acceptors (Lipinski definition) is 2. The van der Waals surface area contributed by atoms with E-state index in [1.165, 1.54) is 0 Å². The second-order valence-corrected chi connectivity index (χ2v) is 4.98. The first kappa shape index (κ1) is 13.7. The van der Waals surface area contributed by atoms with E-state index in [-0.39, 0.29) is 18.4 Å². The lowest BCUT2D eigenvalue weighted by molar-refractivity contribution is -0.155. The molecule has 1 aromatic rings. The van der Waals surface area contributed by atoms with Crippen molar-refractivity contribution in [3.8, 4) is 0 Å². The number of hydrogen-bond donors (Lipinski definition) is 0. The van der Waals surface area contributed by atoms with E-state index in [1.54, 1.807) is 7.05 Å². The summed E-state index contributed by atoms with van der Waals surface area (Å²) in [5.41, 5.74) is 0.604. The first-order chi connectivity index (χ1) is 7.92. The van der Waals surface area contributed by atoms with E-state index in [9.17, 15) is 4.79 Å². The van der Waals surface area contributed by atoms with Crippen molar-refractivity contribution < 1.29 is 9.53 Å². The number of nitrogens with zero attached hydrogens (tertiary/aromatic N) is 1. The highest BCUT2D eigenvalue weighted by molar-refractivity contribution is 5.71. The first-order valence-electron chi connectivity index (χ1n) is 5.78. The van der Waals surface area contributed by atoms with Crippen molar-refractivity contribution >= 4 is 5.97 Å². The van der Waals surface area contributed by atoms with Gasteiger partial charge in [-0.25, -0.2) is 0 Å². The maximum absolute atomic E-state index is 11.7. The Morgan fingerprint density at radius 3 is 2.35 bits per heavy atom. The zero-order valence-corrected chi connectivity index (χ0v) is 10.9. The largest absolute Gasteiger partial charge is 0.658 e. The predicted octanol–water partition coefficient (Wildman–Crippen LogP) is 3.46. The van der Waals surface area contributed by atoms with Crippen LogP contribution in [0.3, 0.4) is 0 Å². The third-order valence-electron chi connectivity index (χ3n) is 2.28. The molecule has 0 bridgehead atoms. The highest BCUT2D eigenvalue weighted by Crippen LogP contribution is 2.25. The fraction of sp³-hybridized carbons (Fsp3) is 0.500. The molecule has 1 rings (SSSR count). The van der Waals surface area contributed by atoms with Crippen LogP contribution in [-0.2, 0) is 9.53 Å². The second-order valence-electron chi connectivity index (χ2n) is 4.98. The molecule has 3 nitrogen and oxygen atoms in total. The van der Waals surface area contributed by atoms with Gasteiger partial charge < -0.3 is 10.1 Å². The molecule has 1 aromatic carbocycles. The molecule has 0 aliphatic heterocycles. The Kier molecular flexibility index (Phi) is 4.70. The van der Waals surface area contributed by atoms with Crippen molar-refractivity contribution in [3.63, 3.8) is 0 Å². The smallest absolute Gasteiger partial charge is 0.305 e. The van der Waals surface area contributed by atoms with Gasteiger partial charge in [0.1, 0.15) is 5.60 Å². The fourth-order valence-corrected chi connectivity index (χ4v) is 1.57. The summed E-state index contributed by atoms with van der Waals surface area (Å²) in [4.78, 5) is 11.7. The monoisotopic (exact) mass is 234 g/mol. The van der Waals surface area contributed by atoms with E-state index in [0.29, 0.717) is 0 Å². The van der Waals surface area contributed by atoms with Crippen LogP contribution in [0.2, 0.25) is 0 Å². The topological polar surface area (TPSA) is 40.4 Å². The highest BCUT2D eigenvalue weighted by atomic mass is 16.6. The van der Waals surface area contributed by atoms with Crippen LogP contribution in [0.15, 0.2) is 30.3 Å². The van der Waals surface area contributed by atoms with Crippen LogP contribution in [0.4, 0.5) is 0 Å². The SMILES string of the molecule is C[N-][C@H](CC(=O)OC(C)(C)C)c1ccccc1. The minimum absolute atomic E-state index is 0.119. The van der Waals surface area contributed by atoms with Crippen LogP contribution in [0.1, 0.15) is 38.8 Å². The second kappa shape index (κ2) is 5.82. The van der Waals surface area contributed by atoms with Gasteiger partial charge in [-0.05, 0) is 20.8 Å². The molecule has 0 aromatic heterocycles. The Hall–Kier alpha value is -1.35. The van der Waals surface area contributed by atoms with Crippen LogP contribution < -0.4 is 0 Å². The van der Waals surface area contributed by atoms with Crippen molar-refractivity contribution in [2.45, 2.75) is 38.8 Å². The molecule has 0 unspecified atom stereocenters. The van der Waals surface area contributed by atoms with Crippen molar-refractivity contribution in [1.82, 2.24) is 0 Å². The van der Waals surface area contributed by atoms with Gasteiger partial charge in [0, 0.05) is 6.42 Å². The predicted molar refractivity (Wildman–Crippen MR) is 68.9 cm³/mol. The zero-order chi connectivity index (χ0) is 12.9. The number of esters is 1. The van der Waals surface area contributed by atoms with Gasteiger partial charge in [0.15, 0.2) is 0 Å². The molecule has 0 heterocycles. The van der Waals surface area contributed by atoms with E-state index >= 15 is 0 Å². The van der Waals surface area contributed by atoms with Gasteiger partial charge in [-0.2, -0.15) is 7.05 Å². The minimum atomic E-state index is -0.438. The van der Waals surface area contributed by atoms with Crippen molar-refractivity contribution in [2.75, 3.05) is 7.05 Å². The van der Waals surface area contributed by atoms with Gasteiger partial charge >= 0.3 is 5.97 Å². The summed E-state index contributed by atoms with van der Waals surface area (Å²) in [7, 11) is 1.72. The maximum Gasteiger partial charge on any atom is 0.305 e. The average molecular weight is 234 g/mol. The van der Waals surface area contributed by atoms with Gasteiger partial charge in [0.2, 0.25) is 0 Å². The fourth-order valence-electron chi connectivity index (χ4n) is 1.57. The number of ether oxygens (including phenoxy) is 1. The first-order valence-corrected chi connectivity index (χ1v) is 5.78. The van der Waals surface area contributed by atoms with Crippen LogP contribution in [0, 0.1) is 0 Å². The Labute approximate surface area is 103 Å². The molecule has 0 fully saturated rings. The molecule has 0 aliphatic rings. The molecule has 0 N–H and O–H groups in total. The summed E-state index contributed by atoms with van der Waals surface area (Å²) in [6, 6.07) is 9.67. The molecule has 0 aliphatic carbocycles. The Bertz CT molecular complexity index is 354. The van der Waals surface area contributed by atoms with Gasteiger partial charge in [-0.3, -0.25) is 4.79 Å². The maximum atomic E-state index is 11.7. The number of benzene rings is 1. The molecular formula is C14H20NO2-. The third kappa shape index (κ3) is 5.00. The lowest BCUT2D eigenvalue weighted by atomic mass is 10.0. The molecule has 17 heavy (non-hydrogen) atoms. The summed E-state index contributed by atoms with van der Waals surface area (Å²) in [6.07, 6.45) is 0.289. The molecule has 1 atom stereocenters. The number of carbonyl (C=O) groups is 1. The normalized spacial score (nSPS) is 13.2. The van der Waals surface area contributed by atoms with Gasteiger partial charge in [-0.1, -0.05) is 41.9 Å². The molecule has 94 valence electrons. The summed E-state index contributed by atoms with van der Waals surface area (Å²) >= 11 is 0. The van der Waals surface area contributed by atoms with Crippen molar-refractivity contribution in [3.05, 3.63) is 41.2 Å². The Morgan fingerprint density at radius 2 is 1.88 bits per heavy atom. The van der Waals surface area contributed by atoms with Crippen LogP contribution >= 0.6 is 0 Å². The summed E-state index contributed by atoms with van der Waals surface area (Å²) in [6.45, 7) is 5.60. The van der Waals surface area contributed by atoms with Crippen LogP contribution in [-0.4, -0.2) is 18.6 Å².